The maximum atomic E-state index is 12.6. The van der Waals surface area contributed by atoms with E-state index in [1.165, 1.54) is 11.3 Å². The molecule has 0 saturated heterocycles. The van der Waals surface area contributed by atoms with Gasteiger partial charge in [0.05, 0.1) is 18.5 Å². The van der Waals surface area contributed by atoms with E-state index >= 15 is 0 Å². The molecule has 4 aromatic rings. The first kappa shape index (κ1) is 31.4. The molecule has 2 aromatic carbocycles. The molecule has 0 saturated carbocycles. The van der Waals surface area contributed by atoms with Crippen molar-refractivity contribution in [3.8, 4) is 0 Å². The second-order valence-electron chi connectivity index (χ2n) is 9.98. The van der Waals surface area contributed by atoms with Gasteiger partial charge in [-0.2, -0.15) is 5.10 Å². The van der Waals surface area contributed by atoms with Crippen LogP contribution in [0.4, 0.5) is 10.9 Å². The first-order chi connectivity index (χ1) is 21.0. The van der Waals surface area contributed by atoms with Crippen LogP contribution in [0.15, 0.2) is 66.7 Å². The molecule has 4 N–H and O–H groups in total. The van der Waals surface area contributed by atoms with Gasteiger partial charge >= 0.3 is 0 Å². The van der Waals surface area contributed by atoms with Crippen LogP contribution in [0.5, 0.6) is 0 Å². The Kier molecular flexibility index (Phi) is 12.2. The molecule has 2 aromatic heterocycles. The average molecular weight is 602 g/mol. The van der Waals surface area contributed by atoms with Crippen LogP contribution in [0.25, 0.3) is 0 Å². The lowest BCUT2D eigenvalue weighted by Gasteiger charge is -2.07. The summed E-state index contributed by atoms with van der Waals surface area (Å²) in [6, 6.07) is 20.7. The van der Waals surface area contributed by atoms with Crippen LogP contribution in [-0.4, -0.2) is 49.8 Å². The van der Waals surface area contributed by atoms with E-state index < -0.39 is 0 Å². The molecule has 0 radical (unpaired) electrons. The molecule has 0 spiro atoms. The number of hydrogen-bond acceptors (Lipinski definition) is 9. The zero-order valence-corrected chi connectivity index (χ0v) is 24.6. The number of aromatic nitrogens is 4. The molecule has 2 heterocycles. The molecule has 224 valence electrons. The summed E-state index contributed by atoms with van der Waals surface area (Å²) in [7, 11) is 0. The van der Waals surface area contributed by atoms with Gasteiger partial charge in [-0.1, -0.05) is 65.9 Å². The van der Waals surface area contributed by atoms with Gasteiger partial charge in [0.2, 0.25) is 22.9 Å². The van der Waals surface area contributed by atoms with Gasteiger partial charge < -0.3 is 21.1 Å². The first-order valence-electron chi connectivity index (χ1n) is 14.2. The Hall–Kier alpha value is -4.55. The first-order valence-corrected chi connectivity index (χ1v) is 15.0. The smallest absolute Gasteiger partial charge is 0.230 e. The Morgan fingerprint density at radius 1 is 0.698 bits per heavy atom. The van der Waals surface area contributed by atoms with Crippen LogP contribution in [0, 0.1) is 0 Å². The summed E-state index contributed by atoms with van der Waals surface area (Å²) in [5, 5.41) is 35.2. The number of aryl methyl sites for hydroxylation is 2. The Balaban J connectivity index is 1.13. The van der Waals surface area contributed by atoms with Crippen molar-refractivity contribution in [3.63, 3.8) is 0 Å². The summed E-state index contributed by atoms with van der Waals surface area (Å²) in [5.74, 6) is -0.0122. The number of aliphatic hydroxyl groups is 1. The van der Waals surface area contributed by atoms with E-state index in [4.69, 9.17) is 5.11 Å². The van der Waals surface area contributed by atoms with Gasteiger partial charge in [0.1, 0.15) is 5.01 Å². The fourth-order valence-corrected chi connectivity index (χ4v) is 5.04. The maximum absolute atomic E-state index is 12.6. The highest BCUT2D eigenvalue weighted by molar-refractivity contribution is 7.15. The number of nitrogens with one attached hydrogen (secondary N) is 3. The molecule has 3 amide bonds. The van der Waals surface area contributed by atoms with Gasteiger partial charge in [-0.3, -0.25) is 14.4 Å². The van der Waals surface area contributed by atoms with E-state index in [0.717, 1.165) is 53.1 Å². The zero-order chi connectivity index (χ0) is 30.3. The third kappa shape index (κ3) is 11.3. The molecule has 12 heteroatoms. The molecule has 0 aliphatic rings. The average Bonchev–Trinajstić information content (AvgIpc) is 3.45. The van der Waals surface area contributed by atoms with Crippen LogP contribution >= 0.6 is 11.3 Å². The predicted octanol–water partition coefficient (Wildman–Crippen LogP) is 3.64. The topological polar surface area (TPSA) is 159 Å². The minimum Gasteiger partial charge on any atom is -0.396 e. The van der Waals surface area contributed by atoms with Gasteiger partial charge in [0.25, 0.3) is 0 Å². The van der Waals surface area contributed by atoms with Crippen LogP contribution in [0.3, 0.4) is 0 Å². The molecule has 0 atom stereocenters. The number of anilines is 2. The molecule has 0 unspecified atom stereocenters. The number of benzene rings is 2. The number of carbonyl (C=O) groups is 3. The van der Waals surface area contributed by atoms with Crippen LogP contribution in [0.1, 0.15) is 53.1 Å². The quantitative estimate of drug-likeness (QED) is 0.142. The molecule has 0 aliphatic carbocycles. The monoisotopic (exact) mass is 601 g/mol. The standard InChI is InChI=1S/C31H35N7O4S/c39-17-7-13-27(40)32-21-24-11-6-10-23(18-24)20-29(42)34-31-38-37-30(43-31)14-5-4-12-25-15-16-26(36-35-25)33-28(41)19-22-8-2-1-3-9-22/h1-3,6,8-11,15-16,18,39H,4-5,7,12-14,17,19-21H2,(H,32,40)(H,33,36,41)(H,34,38,42). The Bertz CT molecular complexity index is 1480. The molecular weight excluding hydrogens is 566 g/mol. The summed E-state index contributed by atoms with van der Waals surface area (Å²) in [4.78, 5) is 36.5. The molecule has 11 nitrogen and oxygen atoms in total. The van der Waals surface area contributed by atoms with Crippen molar-refractivity contribution in [1.29, 1.82) is 0 Å². The summed E-state index contributed by atoms with van der Waals surface area (Å²) >= 11 is 1.36. The second-order valence-corrected chi connectivity index (χ2v) is 11.0. The minimum absolute atomic E-state index is 0.0147. The number of carbonyl (C=O) groups excluding carboxylic acids is 3. The number of rotatable bonds is 16. The predicted molar refractivity (Wildman–Crippen MR) is 164 cm³/mol. The third-order valence-electron chi connectivity index (χ3n) is 6.39. The number of hydrogen-bond donors (Lipinski definition) is 4. The van der Waals surface area contributed by atoms with E-state index in [1.54, 1.807) is 6.07 Å². The Morgan fingerprint density at radius 3 is 2.23 bits per heavy atom. The van der Waals surface area contributed by atoms with Gasteiger partial charge in [-0.05, 0) is 54.5 Å². The summed E-state index contributed by atoms with van der Waals surface area (Å²) in [5.41, 5.74) is 3.51. The molecular formula is C31H35N7O4S. The van der Waals surface area contributed by atoms with E-state index in [1.807, 2.05) is 60.7 Å². The van der Waals surface area contributed by atoms with Gasteiger partial charge in [0.15, 0.2) is 5.82 Å². The third-order valence-corrected chi connectivity index (χ3v) is 7.29. The molecule has 4 rings (SSSR count). The normalized spacial score (nSPS) is 10.7. The number of unbranched alkanes of at least 4 members (excludes halogenated alkanes) is 1. The van der Waals surface area contributed by atoms with E-state index in [0.29, 0.717) is 23.9 Å². The SMILES string of the molecule is O=C(CCCO)NCc1cccc(CC(=O)Nc2nnc(CCCCc3ccc(NC(=O)Cc4ccccc4)nn3)s2)c1. The second kappa shape index (κ2) is 16.8. The molecule has 0 fully saturated rings. The van der Waals surface area contributed by atoms with Crippen molar-refractivity contribution in [2.24, 2.45) is 0 Å². The lowest BCUT2D eigenvalue weighted by atomic mass is 10.1. The maximum Gasteiger partial charge on any atom is 0.230 e. The van der Waals surface area contributed by atoms with Crippen molar-refractivity contribution in [2.45, 2.75) is 57.9 Å². The van der Waals surface area contributed by atoms with Crippen molar-refractivity contribution in [3.05, 3.63) is 94.1 Å². The summed E-state index contributed by atoms with van der Waals surface area (Å²) in [6.07, 6.45) is 4.42. The largest absolute Gasteiger partial charge is 0.396 e. The van der Waals surface area contributed by atoms with Gasteiger partial charge in [0, 0.05) is 26.0 Å². The molecule has 0 aliphatic heterocycles. The minimum atomic E-state index is -0.190. The van der Waals surface area contributed by atoms with Gasteiger partial charge in [-0.25, -0.2) is 0 Å². The van der Waals surface area contributed by atoms with Gasteiger partial charge in [-0.15, -0.1) is 15.3 Å². The summed E-state index contributed by atoms with van der Waals surface area (Å²) < 4.78 is 0. The highest BCUT2D eigenvalue weighted by Gasteiger charge is 2.11. The van der Waals surface area contributed by atoms with Crippen molar-refractivity contribution in [1.82, 2.24) is 25.7 Å². The van der Waals surface area contributed by atoms with Crippen molar-refractivity contribution >= 4 is 40.0 Å². The lowest BCUT2D eigenvalue weighted by molar-refractivity contribution is -0.121. The number of amides is 3. The zero-order valence-electron chi connectivity index (χ0n) is 23.8. The Labute approximate surface area is 254 Å². The molecule has 0 bridgehead atoms. The molecule has 43 heavy (non-hydrogen) atoms. The van der Waals surface area contributed by atoms with E-state index in [9.17, 15) is 14.4 Å². The highest BCUT2D eigenvalue weighted by atomic mass is 32.1. The fraction of sp³-hybridized carbons (Fsp3) is 0.323. The Morgan fingerprint density at radius 2 is 1.44 bits per heavy atom. The van der Waals surface area contributed by atoms with Crippen LogP contribution < -0.4 is 16.0 Å². The van der Waals surface area contributed by atoms with Crippen molar-refractivity contribution < 1.29 is 19.5 Å². The van der Waals surface area contributed by atoms with E-state index in [2.05, 4.69) is 36.3 Å². The fourth-order valence-electron chi connectivity index (χ4n) is 4.24. The van der Waals surface area contributed by atoms with Crippen LogP contribution in [-0.2, 0) is 46.6 Å². The number of aliphatic hydroxyl groups excluding tert-OH is 1. The summed E-state index contributed by atoms with van der Waals surface area (Å²) in [6.45, 7) is 0.351. The number of nitrogens with zero attached hydrogens (tertiary/aromatic N) is 4. The van der Waals surface area contributed by atoms with Crippen molar-refractivity contribution in [2.75, 3.05) is 17.2 Å². The lowest BCUT2D eigenvalue weighted by Crippen LogP contribution is -2.22. The van der Waals surface area contributed by atoms with E-state index in [-0.39, 0.29) is 43.6 Å². The highest BCUT2D eigenvalue weighted by Crippen LogP contribution is 2.18. The van der Waals surface area contributed by atoms with Crippen LogP contribution in [0.2, 0.25) is 0 Å².